The van der Waals surface area contributed by atoms with Gasteiger partial charge < -0.3 is 19.8 Å². The molecule has 0 saturated carbocycles. The Labute approximate surface area is 117 Å². The van der Waals surface area contributed by atoms with Gasteiger partial charge in [-0.25, -0.2) is 0 Å². The molecule has 7 nitrogen and oxygen atoms in total. The number of aromatic amines is 2. The van der Waals surface area contributed by atoms with Gasteiger partial charge in [0.2, 0.25) is 0 Å². The number of aromatic nitrogens is 2. The second-order valence-corrected chi connectivity index (χ2v) is 6.21. The lowest BCUT2D eigenvalue weighted by Gasteiger charge is -2.03. The Morgan fingerprint density at radius 2 is 1.85 bits per heavy atom. The highest BCUT2D eigenvalue weighted by atomic mass is 35.5. The molecule has 2 rings (SSSR count). The van der Waals surface area contributed by atoms with E-state index in [9.17, 15) is 14.2 Å². The molecule has 20 heavy (non-hydrogen) atoms. The fraction of sp³-hybridized carbons (Fsp3) is 0.0909. The first kappa shape index (κ1) is 14.7. The summed E-state index contributed by atoms with van der Waals surface area (Å²) in [7, 11) is -4.14. The Morgan fingerprint density at radius 1 is 1.20 bits per heavy atom. The standard InChI is InChI=1S/C11H10ClN2O5P/c12-7-4-6(2-1-3-20(17,18)19)9-8(5-7)13-10(15)11(16)14-9/h1-2,4-5H,3H2,(H,13,15)(H,14,16)(H2,17,18,19). The van der Waals surface area contributed by atoms with Crippen molar-refractivity contribution in [1.82, 2.24) is 9.97 Å². The first-order valence-corrected chi connectivity index (χ1v) is 7.61. The van der Waals surface area contributed by atoms with Crippen LogP contribution in [0.5, 0.6) is 0 Å². The van der Waals surface area contributed by atoms with E-state index in [1.54, 1.807) is 0 Å². The average Bonchev–Trinajstić information content (AvgIpc) is 2.30. The molecule has 0 spiro atoms. The van der Waals surface area contributed by atoms with Gasteiger partial charge in [-0.05, 0) is 12.1 Å². The lowest BCUT2D eigenvalue weighted by molar-refractivity contribution is 0.377. The highest BCUT2D eigenvalue weighted by Gasteiger charge is 2.09. The summed E-state index contributed by atoms with van der Waals surface area (Å²) in [4.78, 5) is 44.9. The maximum atomic E-state index is 11.3. The quantitative estimate of drug-likeness (QED) is 0.498. The first-order valence-electron chi connectivity index (χ1n) is 5.43. The lowest BCUT2D eigenvalue weighted by atomic mass is 10.1. The third-order valence-corrected chi connectivity index (χ3v) is 3.37. The van der Waals surface area contributed by atoms with Crippen LogP contribution < -0.4 is 11.1 Å². The van der Waals surface area contributed by atoms with E-state index in [4.69, 9.17) is 21.4 Å². The fourth-order valence-electron chi connectivity index (χ4n) is 1.66. The van der Waals surface area contributed by atoms with E-state index in [0.717, 1.165) is 0 Å². The van der Waals surface area contributed by atoms with Gasteiger partial charge in [-0.3, -0.25) is 14.2 Å². The van der Waals surface area contributed by atoms with Gasteiger partial charge in [-0.2, -0.15) is 0 Å². The average molecular weight is 317 g/mol. The molecule has 2 aromatic rings. The topological polar surface area (TPSA) is 123 Å². The van der Waals surface area contributed by atoms with E-state index in [1.165, 1.54) is 24.3 Å². The summed E-state index contributed by atoms with van der Waals surface area (Å²) in [5, 5.41) is 0.316. The van der Waals surface area contributed by atoms with Crippen molar-refractivity contribution < 1.29 is 14.4 Å². The molecule has 1 aromatic heterocycles. The molecule has 9 heteroatoms. The number of benzene rings is 1. The third-order valence-electron chi connectivity index (χ3n) is 2.47. The number of hydrogen-bond acceptors (Lipinski definition) is 3. The molecule has 0 radical (unpaired) electrons. The second kappa shape index (κ2) is 5.38. The van der Waals surface area contributed by atoms with Gasteiger partial charge in [0.1, 0.15) is 0 Å². The van der Waals surface area contributed by atoms with Gasteiger partial charge in [-0.15, -0.1) is 0 Å². The number of hydrogen-bond donors (Lipinski definition) is 4. The van der Waals surface area contributed by atoms with Gasteiger partial charge in [0, 0.05) is 10.6 Å². The maximum Gasteiger partial charge on any atom is 0.329 e. The fourth-order valence-corrected chi connectivity index (χ4v) is 2.27. The number of halogens is 1. The molecule has 0 atom stereocenters. The third kappa shape index (κ3) is 3.46. The molecule has 106 valence electrons. The number of rotatable bonds is 3. The minimum atomic E-state index is -4.14. The zero-order chi connectivity index (χ0) is 14.9. The van der Waals surface area contributed by atoms with Crippen LogP contribution in [0.15, 0.2) is 27.8 Å². The predicted molar refractivity (Wildman–Crippen MR) is 76.1 cm³/mol. The van der Waals surface area contributed by atoms with Crippen LogP contribution in [0.4, 0.5) is 0 Å². The molecule has 0 aliphatic rings. The largest absolute Gasteiger partial charge is 0.329 e. The normalized spacial score (nSPS) is 12.3. The monoisotopic (exact) mass is 316 g/mol. The first-order chi connectivity index (χ1) is 9.26. The van der Waals surface area contributed by atoms with Crippen LogP contribution in [-0.4, -0.2) is 25.9 Å². The Hall–Kier alpha value is -1.66. The van der Waals surface area contributed by atoms with E-state index in [1.807, 2.05) is 0 Å². The van der Waals surface area contributed by atoms with Gasteiger partial charge in [0.25, 0.3) is 0 Å². The van der Waals surface area contributed by atoms with Crippen LogP contribution >= 0.6 is 19.2 Å². The summed E-state index contributed by atoms with van der Waals surface area (Å²) in [6.45, 7) is 0. The number of allylic oxidation sites excluding steroid dienone is 1. The molecule has 1 heterocycles. The summed E-state index contributed by atoms with van der Waals surface area (Å²) < 4.78 is 10.8. The summed E-state index contributed by atoms with van der Waals surface area (Å²) in [5.74, 6) is 0. The molecule has 0 aliphatic heterocycles. The molecular weight excluding hydrogens is 307 g/mol. The van der Waals surface area contributed by atoms with Crippen LogP contribution in [0.2, 0.25) is 5.02 Å². The summed E-state index contributed by atoms with van der Waals surface area (Å²) >= 11 is 5.88. The van der Waals surface area contributed by atoms with Crippen molar-refractivity contribution in [2.45, 2.75) is 0 Å². The van der Waals surface area contributed by atoms with Crippen molar-refractivity contribution in [3.05, 3.63) is 49.5 Å². The summed E-state index contributed by atoms with van der Waals surface area (Å²) in [5.41, 5.74) is -0.512. The number of fused-ring (bicyclic) bond motifs is 1. The Balaban J connectivity index is 2.58. The molecule has 0 fully saturated rings. The minimum absolute atomic E-state index is 0.316. The number of nitrogens with one attached hydrogen (secondary N) is 2. The van der Waals surface area contributed by atoms with E-state index in [2.05, 4.69) is 9.97 Å². The van der Waals surface area contributed by atoms with Gasteiger partial charge in [0.15, 0.2) is 0 Å². The van der Waals surface area contributed by atoms with Crippen LogP contribution in [0.25, 0.3) is 17.1 Å². The van der Waals surface area contributed by atoms with E-state index < -0.39 is 24.9 Å². The number of H-pyrrole nitrogens is 2. The van der Waals surface area contributed by atoms with Crippen molar-refractivity contribution in [3.63, 3.8) is 0 Å². The molecule has 0 unspecified atom stereocenters. The van der Waals surface area contributed by atoms with Crippen LogP contribution in [0.3, 0.4) is 0 Å². The molecular formula is C11H10ClN2O5P. The van der Waals surface area contributed by atoms with Crippen LogP contribution in [0.1, 0.15) is 5.56 Å². The molecule has 0 amide bonds. The maximum absolute atomic E-state index is 11.3. The van der Waals surface area contributed by atoms with E-state index in [0.29, 0.717) is 21.6 Å². The summed E-state index contributed by atoms with van der Waals surface area (Å²) in [6, 6.07) is 2.98. The Bertz CT molecular complexity index is 848. The minimum Gasteiger partial charge on any atom is -0.324 e. The highest BCUT2D eigenvalue weighted by molar-refractivity contribution is 7.51. The smallest absolute Gasteiger partial charge is 0.324 e. The molecule has 0 bridgehead atoms. The van der Waals surface area contributed by atoms with Gasteiger partial charge in [0.05, 0.1) is 17.2 Å². The second-order valence-electron chi connectivity index (χ2n) is 4.08. The zero-order valence-electron chi connectivity index (χ0n) is 9.96. The van der Waals surface area contributed by atoms with Crippen LogP contribution in [-0.2, 0) is 4.57 Å². The zero-order valence-corrected chi connectivity index (χ0v) is 11.6. The van der Waals surface area contributed by atoms with E-state index in [-0.39, 0.29) is 0 Å². The Morgan fingerprint density at radius 3 is 2.50 bits per heavy atom. The predicted octanol–water partition coefficient (Wildman–Crippen LogP) is 1.06. The molecule has 0 saturated heterocycles. The summed E-state index contributed by atoms with van der Waals surface area (Å²) in [6.07, 6.45) is 2.26. The van der Waals surface area contributed by atoms with Gasteiger partial charge >= 0.3 is 18.7 Å². The highest BCUT2D eigenvalue weighted by Crippen LogP contribution is 2.34. The van der Waals surface area contributed by atoms with Crippen molar-refractivity contribution in [2.75, 3.05) is 6.16 Å². The van der Waals surface area contributed by atoms with E-state index >= 15 is 0 Å². The van der Waals surface area contributed by atoms with Crippen molar-refractivity contribution >= 4 is 36.3 Å². The van der Waals surface area contributed by atoms with Crippen molar-refractivity contribution in [3.8, 4) is 0 Å². The molecule has 1 aromatic carbocycles. The van der Waals surface area contributed by atoms with Gasteiger partial charge in [-0.1, -0.05) is 23.8 Å². The SMILES string of the molecule is O=c1[nH]c2cc(Cl)cc(C=CCP(=O)(O)O)c2[nH]c1=O. The Kier molecular flexibility index (Phi) is 3.96. The molecule has 4 N–H and O–H groups in total. The molecule has 0 aliphatic carbocycles. The van der Waals surface area contributed by atoms with Crippen molar-refractivity contribution in [1.29, 1.82) is 0 Å². The lowest BCUT2D eigenvalue weighted by Crippen LogP contribution is -2.29. The van der Waals surface area contributed by atoms with Crippen LogP contribution in [0, 0.1) is 0 Å². The van der Waals surface area contributed by atoms with Crippen molar-refractivity contribution in [2.24, 2.45) is 0 Å².